The Hall–Kier alpha value is -0.760. The Morgan fingerprint density at radius 2 is 2.46 bits per heavy atom. The van der Waals surface area contributed by atoms with Crippen LogP contribution in [0.5, 0.6) is 0 Å². The summed E-state index contributed by atoms with van der Waals surface area (Å²) in [5.41, 5.74) is 0.00347. The van der Waals surface area contributed by atoms with Gasteiger partial charge in [0.2, 0.25) is 0 Å². The third-order valence-corrected chi connectivity index (χ3v) is 3.95. The number of rotatable bonds is 1. The van der Waals surface area contributed by atoms with Gasteiger partial charge in [0, 0.05) is 0 Å². The van der Waals surface area contributed by atoms with E-state index in [1.165, 1.54) is 12.8 Å². The van der Waals surface area contributed by atoms with Crippen LogP contribution >= 0.6 is 0 Å². The lowest BCUT2D eigenvalue weighted by atomic mass is 9.58. The smallest absolute Gasteiger partial charge is 0.112 e. The molecule has 3 rings (SSSR count). The van der Waals surface area contributed by atoms with Crippen molar-refractivity contribution in [3.05, 3.63) is 24.2 Å². The lowest BCUT2D eigenvalue weighted by molar-refractivity contribution is -0.0573. The molecule has 1 heterocycles. The van der Waals surface area contributed by atoms with E-state index in [0.717, 1.165) is 18.6 Å². The van der Waals surface area contributed by atoms with Crippen LogP contribution in [0.2, 0.25) is 0 Å². The number of aliphatic hydroxyl groups excluding tert-OH is 1. The summed E-state index contributed by atoms with van der Waals surface area (Å²) in [5.74, 6) is 1.68. The molecule has 1 N–H and O–H groups in total. The van der Waals surface area contributed by atoms with Crippen molar-refractivity contribution in [1.29, 1.82) is 0 Å². The van der Waals surface area contributed by atoms with E-state index in [9.17, 15) is 5.11 Å². The van der Waals surface area contributed by atoms with Gasteiger partial charge in [-0.25, -0.2) is 0 Å². The molecule has 2 saturated carbocycles. The van der Waals surface area contributed by atoms with E-state index in [-0.39, 0.29) is 11.5 Å². The zero-order chi connectivity index (χ0) is 8.89. The molecular formula is C11H14O2. The van der Waals surface area contributed by atoms with Crippen LogP contribution < -0.4 is 0 Å². The van der Waals surface area contributed by atoms with Gasteiger partial charge in [0.15, 0.2) is 0 Å². The zero-order valence-electron chi connectivity index (χ0n) is 7.57. The molecule has 0 radical (unpaired) electrons. The van der Waals surface area contributed by atoms with Crippen molar-refractivity contribution >= 4 is 0 Å². The minimum Gasteiger partial charge on any atom is -0.469 e. The summed E-state index contributed by atoms with van der Waals surface area (Å²) in [6.45, 7) is 0. The molecule has 0 aliphatic heterocycles. The Morgan fingerprint density at radius 1 is 1.54 bits per heavy atom. The van der Waals surface area contributed by atoms with E-state index in [0.29, 0.717) is 5.92 Å². The van der Waals surface area contributed by atoms with Gasteiger partial charge in [-0.15, -0.1) is 0 Å². The molecule has 0 bridgehead atoms. The van der Waals surface area contributed by atoms with Gasteiger partial charge in [-0.05, 0) is 37.3 Å². The molecule has 0 unspecified atom stereocenters. The maximum absolute atomic E-state index is 9.88. The van der Waals surface area contributed by atoms with E-state index in [1.807, 2.05) is 12.1 Å². The molecule has 70 valence electrons. The van der Waals surface area contributed by atoms with Crippen LogP contribution in [0.4, 0.5) is 0 Å². The van der Waals surface area contributed by atoms with Crippen LogP contribution in [-0.2, 0) is 5.41 Å². The SMILES string of the molecule is O[C@@H]1C[C@@H]2CCC[C@@]21c1ccco1. The Morgan fingerprint density at radius 3 is 3.08 bits per heavy atom. The molecule has 1 aromatic heterocycles. The van der Waals surface area contributed by atoms with Crippen LogP contribution in [0.1, 0.15) is 31.4 Å². The third-order valence-electron chi connectivity index (χ3n) is 3.95. The molecule has 0 aromatic carbocycles. The molecule has 2 aliphatic rings. The summed E-state index contributed by atoms with van der Waals surface area (Å²) in [4.78, 5) is 0. The first-order chi connectivity index (χ1) is 6.34. The van der Waals surface area contributed by atoms with Crippen molar-refractivity contribution in [3.63, 3.8) is 0 Å². The second-order valence-corrected chi connectivity index (χ2v) is 4.36. The molecule has 0 saturated heterocycles. The Balaban J connectivity index is 2.03. The second kappa shape index (κ2) is 2.38. The number of fused-ring (bicyclic) bond motifs is 1. The average Bonchev–Trinajstić information content (AvgIpc) is 2.70. The highest BCUT2D eigenvalue weighted by atomic mass is 16.3. The van der Waals surface area contributed by atoms with Gasteiger partial charge in [-0.1, -0.05) is 6.42 Å². The predicted octanol–water partition coefficient (Wildman–Crippen LogP) is 2.08. The molecule has 2 nitrogen and oxygen atoms in total. The topological polar surface area (TPSA) is 33.4 Å². The minimum absolute atomic E-state index is 0.00347. The summed E-state index contributed by atoms with van der Waals surface area (Å²) in [6, 6.07) is 3.94. The van der Waals surface area contributed by atoms with Gasteiger partial charge in [0.1, 0.15) is 5.76 Å². The molecular weight excluding hydrogens is 164 g/mol. The van der Waals surface area contributed by atoms with E-state index in [2.05, 4.69) is 0 Å². The van der Waals surface area contributed by atoms with Crippen molar-refractivity contribution in [2.75, 3.05) is 0 Å². The summed E-state index contributed by atoms with van der Waals surface area (Å²) in [6.07, 6.45) is 6.13. The lowest BCUT2D eigenvalue weighted by Crippen LogP contribution is -2.53. The van der Waals surface area contributed by atoms with E-state index in [4.69, 9.17) is 4.42 Å². The molecule has 1 aromatic rings. The highest BCUT2D eigenvalue weighted by Crippen LogP contribution is 2.58. The normalized spacial score (nSPS) is 42.8. The van der Waals surface area contributed by atoms with Crippen molar-refractivity contribution in [2.45, 2.75) is 37.2 Å². The third kappa shape index (κ3) is 0.773. The fourth-order valence-corrected chi connectivity index (χ4v) is 3.22. The standard InChI is InChI=1S/C11H14O2/c12-9-7-8-3-1-5-11(8,9)10-4-2-6-13-10/h2,4,6,8-9,12H,1,3,5,7H2/t8-,9+,11+/m0/s1. The van der Waals surface area contributed by atoms with Gasteiger partial charge in [0.05, 0.1) is 17.8 Å². The van der Waals surface area contributed by atoms with Crippen molar-refractivity contribution in [2.24, 2.45) is 5.92 Å². The molecule has 0 amide bonds. The molecule has 0 spiro atoms. The van der Waals surface area contributed by atoms with Crippen molar-refractivity contribution < 1.29 is 9.52 Å². The number of hydrogen-bond acceptors (Lipinski definition) is 2. The van der Waals surface area contributed by atoms with Crippen LogP contribution in [-0.4, -0.2) is 11.2 Å². The van der Waals surface area contributed by atoms with Gasteiger partial charge in [0.25, 0.3) is 0 Å². The van der Waals surface area contributed by atoms with Crippen molar-refractivity contribution in [3.8, 4) is 0 Å². The minimum atomic E-state index is -0.161. The van der Waals surface area contributed by atoms with Crippen LogP contribution in [0.3, 0.4) is 0 Å². The quantitative estimate of drug-likeness (QED) is 0.714. The first kappa shape index (κ1) is 7.63. The van der Waals surface area contributed by atoms with Crippen LogP contribution in [0.25, 0.3) is 0 Å². The monoisotopic (exact) mass is 178 g/mol. The van der Waals surface area contributed by atoms with Gasteiger partial charge in [-0.3, -0.25) is 0 Å². The van der Waals surface area contributed by atoms with Crippen LogP contribution in [0, 0.1) is 5.92 Å². The molecule has 3 atom stereocenters. The predicted molar refractivity (Wildman–Crippen MR) is 48.4 cm³/mol. The molecule has 2 heteroatoms. The van der Waals surface area contributed by atoms with Gasteiger partial charge in [-0.2, -0.15) is 0 Å². The van der Waals surface area contributed by atoms with Gasteiger partial charge >= 0.3 is 0 Å². The first-order valence-electron chi connectivity index (χ1n) is 5.06. The van der Waals surface area contributed by atoms with Gasteiger partial charge < -0.3 is 9.52 Å². The summed E-state index contributed by atoms with van der Waals surface area (Å²) >= 11 is 0. The Labute approximate surface area is 77.6 Å². The second-order valence-electron chi connectivity index (χ2n) is 4.36. The maximum Gasteiger partial charge on any atom is 0.112 e. The maximum atomic E-state index is 9.88. The van der Waals surface area contributed by atoms with E-state index >= 15 is 0 Å². The Kier molecular flexibility index (Phi) is 1.40. The van der Waals surface area contributed by atoms with Crippen molar-refractivity contribution in [1.82, 2.24) is 0 Å². The highest BCUT2D eigenvalue weighted by Gasteiger charge is 2.59. The Bertz CT molecular complexity index is 304. The van der Waals surface area contributed by atoms with E-state index < -0.39 is 0 Å². The fraction of sp³-hybridized carbons (Fsp3) is 0.636. The van der Waals surface area contributed by atoms with Crippen LogP contribution in [0.15, 0.2) is 22.8 Å². The number of hydrogen-bond donors (Lipinski definition) is 1. The summed E-state index contributed by atoms with van der Waals surface area (Å²) in [7, 11) is 0. The lowest BCUT2D eigenvalue weighted by Gasteiger charge is -2.48. The van der Waals surface area contributed by atoms with E-state index in [1.54, 1.807) is 6.26 Å². The average molecular weight is 178 g/mol. The highest BCUT2D eigenvalue weighted by molar-refractivity contribution is 5.26. The number of aliphatic hydroxyl groups is 1. The molecule has 2 aliphatic carbocycles. The molecule has 2 fully saturated rings. The number of furan rings is 1. The summed E-state index contributed by atoms with van der Waals surface area (Å²) in [5, 5.41) is 9.88. The fourth-order valence-electron chi connectivity index (χ4n) is 3.22. The first-order valence-corrected chi connectivity index (χ1v) is 5.06. The largest absolute Gasteiger partial charge is 0.469 e. The molecule has 13 heavy (non-hydrogen) atoms. The zero-order valence-corrected chi connectivity index (χ0v) is 7.57. The summed E-state index contributed by atoms with van der Waals surface area (Å²) < 4.78 is 5.45.